The van der Waals surface area contributed by atoms with Gasteiger partial charge in [-0.1, -0.05) is 25.8 Å². The van der Waals surface area contributed by atoms with Crippen LogP contribution in [-0.2, 0) is 9.59 Å². The van der Waals surface area contributed by atoms with E-state index in [-0.39, 0.29) is 11.8 Å². The van der Waals surface area contributed by atoms with Crippen molar-refractivity contribution in [3.05, 3.63) is 23.8 Å². The van der Waals surface area contributed by atoms with E-state index in [2.05, 4.69) is 17.3 Å². The molecule has 1 aromatic rings. The molecule has 2 atom stereocenters. The number of carboxylic acid groups (broad SMARTS) is 1. The van der Waals surface area contributed by atoms with Crippen LogP contribution in [0.1, 0.15) is 39.2 Å². The van der Waals surface area contributed by atoms with E-state index >= 15 is 0 Å². The molecule has 6 nitrogen and oxygen atoms in total. The summed E-state index contributed by atoms with van der Waals surface area (Å²) in [6, 6.07) is 4.15. The number of carbonyl (C=O) groups is 2. The SMILES string of the molecule is CC#COc1ccc(C(C)C(=O)NC(C(=O)O)C(C)C)cc1OC. The number of methoxy groups -OCH3 is 1. The number of aliphatic carboxylic acids is 1. The third kappa shape index (κ3) is 4.92. The maximum absolute atomic E-state index is 12.4. The molecule has 0 saturated heterocycles. The van der Waals surface area contributed by atoms with Crippen LogP contribution in [0.2, 0.25) is 0 Å². The third-order valence-electron chi connectivity index (χ3n) is 3.57. The average molecular weight is 333 g/mol. The fraction of sp³-hybridized carbons (Fsp3) is 0.444. The van der Waals surface area contributed by atoms with Crippen molar-refractivity contribution in [2.75, 3.05) is 7.11 Å². The van der Waals surface area contributed by atoms with Crippen molar-refractivity contribution in [2.24, 2.45) is 5.92 Å². The van der Waals surface area contributed by atoms with Crippen LogP contribution in [0.25, 0.3) is 0 Å². The monoisotopic (exact) mass is 333 g/mol. The van der Waals surface area contributed by atoms with E-state index in [9.17, 15) is 14.7 Å². The Hall–Kier alpha value is -2.68. The first-order valence-corrected chi connectivity index (χ1v) is 7.61. The van der Waals surface area contributed by atoms with Crippen molar-refractivity contribution < 1.29 is 24.2 Å². The van der Waals surface area contributed by atoms with Crippen LogP contribution in [0.15, 0.2) is 18.2 Å². The van der Waals surface area contributed by atoms with Gasteiger partial charge in [0.1, 0.15) is 12.1 Å². The molecule has 1 rings (SSSR count). The van der Waals surface area contributed by atoms with E-state index in [0.29, 0.717) is 17.1 Å². The lowest BCUT2D eigenvalue weighted by Crippen LogP contribution is -2.45. The first-order valence-electron chi connectivity index (χ1n) is 7.61. The van der Waals surface area contributed by atoms with E-state index in [1.165, 1.54) is 7.11 Å². The van der Waals surface area contributed by atoms with Crippen LogP contribution >= 0.6 is 0 Å². The van der Waals surface area contributed by atoms with Crippen molar-refractivity contribution >= 4 is 11.9 Å². The predicted octanol–water partition coefficient (Wildman–Crippen LogP) is 2.38. The molecule has 1 amide bonds. The highest BCUT2D eigenvalue weighted by atomic mass is 16.5. The van der Waals surface area contributed by atoms with E-state index in [1.807, 2.05) is 0 Å². The first-order chi connectivity index (χ1) is 11.3. The van der Waals surface area contributed by atoms with Gasteiger partial charge in [-0.05, 0) is 30.5 Å². The third-order valence-corrected chi connectivity index (χ3v) is 3.57. The molecule has 0 aromatic heterocycles. The van der Waals surface area contributed by atoms with Crippen molar-refractivity contribution in [1.29, 1.82) is 0 Å². The molecule has 1 aromatic carbocycles. The van der Waals surface area contributed by atoms with Gasteiger partial charge in [-0.2, -0.15) is 0 Å². The number of nitrogens with one attached hydrogen (secondary N) is 1. The molecule has 0 fully saturated rings. The summed E-state index contributed by atoms with van der Waals surface area (Å²) in [5.41, 5.74) is 0.689. The van der Waals surface area contributed by atoms with E-state index in [4.69, 9.17) is 9.47 Å². The van der Waals surface area contributed by atoms with Gasteiger partial charge in [0, 0.05) is 6.92 Å². The van der Waals surface area contributed by atoms with E-state index < -0.39 is 17.9 Å². The van der Waals surface area contributed by atoms with Crippen LogP contribution in [-0.4, -0.2) is 30.1 Å². The average Bonchev–Trinajstić information content (AvgIpc) is 2.56. The largest absolute Gasteiger partial charge is 0.493 e. The topological polar surface area (TPSA) is 84.9 Å². The zero-order chi connectivity index (χ0) is 18.3. The minimum Gasteiger partial charge on any atom is -0.493 e. The molecule has 0 aliphatic heterocycles. The molecule has 24 heavy (non-hydrogen) atoms. The van der Waals surface area contributed by atoms with Gasteiger partial charge in [0.2, 0.25) is 5.91 Å². The van der Waals surface area contributed by atoms with Gasteiger partial charge < -0.3 is 19.9 Å². The Morgan fingerprint density at radius 1 is 1.21 bits per heavy atom. The molecule has 0 heterocycles. The molecule has 0 bridgehead atoms. The van der Waals surface area contributed by atoms with Crippen LogP contribution < -0.4 is 14.8 Å². The number of amides is 1. The summed E-state index contributed by atoms with van der Waals surface area (Å²) < 4.78 is 10.5. The smallest absolute Gasteiger partial charge is 0.326 e. The van der Waals surface area contributed by atoms with Crippen LogP contribution in [0.4, 0.5) is 0 Å². The van der Waals surface area contributed by atoms with E-state index in [0.717, 1.165) is 0 Å². The molecule has 2 unspecified atom stereocenters. The molecule has 0 spiro atoms. The Kier molecular flexibility index (Phi) is 7.12. The number of carboxylic acids is 1. The fourth-order valence-corrected chi connectivity index (χ4v) is 2.09. The van der Waals surface area contributed by atoms with Crippen LogP contribution in [0.5, 0.6) is 11.5 Å². The van der Waals surface area contributed by atoms with Crippen molar-refractivity contribution in [3.63, 3.8) is 0 Å². The lowest BCUT2D eigenvalue weighted by Gasteiger charge is -2.21. The highest BCUT2D eigenvalue weighted by Gasteiger charge is 2.26. The molecule has 130 valence electrons. The second-order valence-electron chi connectivity index (χ2n) is 5.65. The summed E-state index contributed by atoms with van der Waals surface area (Å²) in [4.78, 5) is 23.6. The van der Waals surface area contributed by atoms with Gasteiger partial charge in [-0.25, -0.2) is 4.79 Å². The molecule has 0 saturated carbocycles. The number of hydrogen-bond acceptors (Lipinski definition) is 4. The fourth-order valence-electron chi connectivity index (χ4n) is 2.09. The number of benzene rings is 1. The Labute approximate surface area is 142 Å². The van der Waals surface area contributed by atoms with Gasteiger partial charge in [0.15, 0.2) is 11.5 Å². The highest BCUT2D eigenvalue weighted by Crippen LogP contribution is 2.31. The van der Waals surface area contributed by atoms with Crippen LogP contribution in [0.3, 0.4) is 0 Å². The molecule has 0 aliphatic carbocycles. The molecular weight excluding hydrogens is 310 g/mol. The Balaban J connectivity index is 2.97. The summed E-state index contributed by atoms with van der Waals surface area (Å²) in [7, 11) is 1.50. The summed E-state index contributed by atoms with van der Waals surface area (Å²) in [6.45, 7) is 6.85. The van der Waals surface area contributed by atoms with Gasteiger partial charge in [0.25, 0.3) is 0 Å². The lowest BCUT2D eigenvalue weighted by molar-refractivity contribution is -0.143. The molecule has 0 radical (unpaired) electrons. The second kappa shape index (κ2) is 8.82. The Bertz CT molecular complexity index is 657. The van der Waals surface area contributed by atoms with Gasteiger partial charge >= 0.3 is 5.97 Å². The summed E-state index contributed by atoms with van der Waals surface area (Å²) in [6.07, 6.45) is 2.49. The van der Waals surface area contributed by atoms with Crippen molar-refractivity contribution in [1.82, 2.24) is 5.32 Å². The van der Waals surface area contributed by atoms with Gasteiger partial charge in [-0.15, -0.1) is 0 Å². The number of rotatable bonds is 7. The minimum atomic E-state index is -1.05. The lowest BCUT2D eigenvalue weighted by atomic mass is 9.98. The maximum atomic E-state index is 12.4. The highest BCUT2D eigenvalue weighted by molar-refractivity contribution is 5.88. The Morgan fingerprint density at radius 2 is 1.88 bits per heavy atom. The van der Waals surface area contributed by atoms with Crippen molar-refractivity contribution in [2.45, 2.75) is 39.7 Å². The summed E-state index contributed by atoms with van der Waals surface area (Å²) in [5, 5.41) is 11.7. The number of carbonyl (C=O) groups excluding carboxylic acids is 1. The molecular formula is C18H23NO5. The standard InChI is InChI=1S/C18H23NO5/c1-6-9-24-14-8-7-13(10-15(14)23-5)12(4)17(20)19-16(11(2)3)18(21)22/h7-8,10-12,16H,1-5H3,(H,19,20)(H,21,22). The molecule has 6 heteroatoms. The molecule has 2 N–H and O–H groups in total. The van der Waals surface area contributed by atoms with Gasteiger partial charge in [0.05, 0.1) is 13.0 Å². The predicted molar refractivity (Wildman–Crippen MR) is 89.9 cm³/mol. The quantitative estimate of drug-likeness (QED) is 0.748. The summed E-state index contributed by atoms with van der Waals surface area (Å²) in [5.74, 6) is 1.36. The second-order valence-corrected chi connectivity index (χ2v) is 5.65. The normalized spacial score (nSPS) is 12.6. The minimum absolute atomic E-state index is 0.211. The molecule has 0 aliphatic rings. The van der Waals surface area contributed by atoms with Crippen LogP contribution in [0, 0.1) is 17.9 Å². The van der Waals surface area contributed by atoms with Gasteiger partial charge in [-0.3, -0.25) is 4.79 Å². The Morgan fingerprint density at radius 3 is 2.38 bits per heavy atom. The first kappa shape index (κ1) is 19.4. The van der Waals surface area contributed by atoms with E-state index in [1.54, 1.807) is 45.9 Å². The van der Waals surface area contributed by atoms with Crippen molar-refractivity contribution in [3.8, 4) is 23.5 Å². The summed E-state index contributed by atoms with van der Waals surface area (Å²) >= 11 is 0. The zero-order valence-corrected chi connectivity index (χ0v) is 14.5. The number of hydrogen-bond donors (Lipinski definition) is 2. The number of ether oxygens (including phenoxy) is 2. The zero-order valence-electron chi connectivity index (χ0n) is 14.5. The maximum Gasteiger partial charge on any atom is 0.326 e.